The Morgan fingerprint density at radius 3 is 2.39 bits per heavy atom. The fourth-order valence-corrected chi connectivity index (χ4v) is 2.86. The van der Waals surface area contributed by atoms with Crippen LogP contribution in [-0.2, 0) is 16.0 Å². The fourth-order valence-electron chi connectivity index (χ4n) is 2.86. The van der Waals surface area contributed by atoms with Gasteiger partial charge in [-0.25, -0.2) is 14.2 Å². The lowest BCUT2D eigenvalue weighted by molar-refractivity contribution is -0.199. The van der Waals surface area contributed by atoms with Gasteiger partial charge in [0.05, 0.1) is 6.61 Å². The molecule has 0 aliphatic rings. The predicted octanol–water partition coefficient (Wildman–Crippen LogP) is 2.59. The number of ether oxygens (including phenoxy) is 2. The summed E-state index contributed by atoms with van der Waals surface area (Å²) in [5.41, 5.74) is -1.85. The number of aromatic nitrogens is 2. The van der Waals surface area contributed by atoms with E-state index in [0.29, 0.717) is 5.56 Å². The fraction of sp³-hybridized carbons (Fsp3) is 0.500. The van der Waals surface area contributed by atoms with Gasteiger partial charge in [-0.3, -0.25) is 14.5 Å². The molecule has 0 saturated heterocycles. The normalized spacial score (nSPS) is 14.0. The molecule has 0 radical (unpaired) electrons. The highest BCUT2D eigenvalue weighted by atomic mass is 19.1. The summed E-state index contributed by atoms with van der Waals surface area (Å²) >= 11 is 0. The van der Waals surface area contributed by atoms with E-state index in [4.69, 9.17) is 9.47 Å². The smallest absolute Gasteiger partial charge is 0.410 e. The van der Waals surface area contributed by atoms with Gasteiger partial charge in [-0.1, -0.05) is 19.1 Å². The monoisotopic (exact) mass is 508 g/mol. The van der Waals surface area contributed by atoms with E-state index in [1.165, 1.54) is 38.2 Å². The molecule has 1 aromatic heterocycles. The maximum atomic E-state index is 13.1. The third-order valence-corrected chi connectivity index (χ3v) is 5.17. The molecule has 11 nitrogen and oxygen atoms in total. The van der Waals surface area contributed by atoms with E-state index >= 15 is 0 Å². The number of halogens is 1. The molecule has 198 valence electrons. The molecule has 4 N–H and O–H groups in total. The SMILES string of the molecule is CCC(C)(O)OCC(c1nc(C(=O)NCc2ccc(F)cc2)c(O)c(=O)[nH]1)N(C)C(=O)OC(C)(C)C. The van der Waals surface area contributed by atoms with Gasteiger partial charge in [0.15, 0.2) is 11.5 Å². The molecule has 0 spiro atoms. The zero-order chi connectivity index (χ0) is 27.3. The topological polar surface area (TPSA) is 154 Å². The highest BCUT2D eigenvalue weighted by Crippen LogP contribution is 2.23. The number of likely N-dealkylation sites (N-methyl/N-ethyl adjacent to an activating group) is 1. The standard InChI is InChI=1S/C24H33FN4O7/c1-7-24(5,34)35-13-16(29(6)22(33)36-23(2,3)4)19-27-17(18(30)21(32)28-19)20(31)26-12-14-8-10-15(25)11-9-14/h8-11,16,30,34H,7,12-13H2,1-6H3,(H,26,31)(H,27,28,32). The van der Waals surface area contributed by atoms with Crippen LogP contribution in [0.5, 0.6) is 5.75 Å². The first-order valence-corrected chi connectivity index (χ1v) is 11.3. The maximum Gasteiger partial charge on any atom is 0.410 e. The van der Waals surface area contributed by atoms with E-state index in [9.17, 15) is 29.0 Å². The van der Waals surface area contributed by atoms with Crippen LogP contribution in [0.1, 0.15) is 69.0 Å². The van der Waals surface area contributed by atoms with E-state index in [1.807, 2.05) is 0 Å². The minimum Gasteiger partial charge on any atom is -0.501 e. The van der Waals surface area contributed by atoms with Crippen molar-refractivity contribution in [2.45, 2.75) is 65.0 Å². The molecule has 2 unspecified atom stereocenters. The van der Waals surface area contributed by atoms with Gasteiger partial charge >= 0.3 is 6.09 Å². The largest absolute Gasteiger partial charge is 0.501 e. The van der Waals surface area contributed by atoms with Crippen molar-refractivity contribution in [2.24, 2.45) is 0 Å². The summed E-state index contributed by atoms with van der Waals surface area (Å²) < 4.78 is 24.0. The Bertz CT molecular complexity index is 1130. The number of carbonyl (C=O) groups excluding carboxylic acids is 2. The second kappa shape index (κ2) is 11.5. The second-order valence-electron chi connectivity index (χ2n) is 9.40. The molecule has 2 rings (SSSR count). The zero-order valence-corrected chi connectivity index (χ0v) is 21.2. The van der Waals surface area contributed by atoms with E-state index in [0.717, 1.165) is 4.90 Å². The Morgan fingerprint density at radius 1 is 1.22 bits per heavy atom. The Kier molecular flexibility index (Phi) is 9.16. The number of nitrogens with zero attached hydrogens (tertiary/aromatic N) is 2. The van der Waals surface area contributed by atoms with Gasteiger partial charge in [0.25, 0.3) is 11.5 Å². The van der Waals surface area contributed by atoms with Gasteiger partial charge in [0.2, 0.25) is 5.75 Å². The van der Waals surface area contributed by atoms with Crippen molar-refractivity contribution in [1.29, 1.82) is 0 Å². The Hall–Kier alpha value is -3.51. The van der Waals surface area contributed by atoms with E-state index in [-0.39, 0.29) is 25.4 Å². The molecule has 12 heteroatoms. The number of amides is 2. The van der Waals surface area contributed by atoms with Crippen LogP contribution in [0, 0.1) is 5.82 Å². The third-order valence-electron chi connectivity index (χ3n) is 5.17. The summed E-state index contributed by atoms with van der Waals surface area (Å²) in [6.07, 6.45) is -0.544. The van der Waals surface area contributed by atoms with Gasteiger partial charge in [-0.15, -0.1) is 0 Å². The molecular formula is C24H33FN4O7. The van der Waals surface area contributed by atoms with Crippen LogP contribution in [0.15, 0.2) is 29.1 Å². The number of hydrogen-bond acceptors (Lipinski definition) is 8. The first-order chi connectivity index (χ1) is 16.6. The third kappa shape index (κ3) is 8.02. The molecule has 2 amide bonds. The molecule has 2 atom stereocenters. The molecule has 1 aromatic carbocycles. The van der Waals surface area contributed by atoms with Crippen LogP contribution in [-0.4, -0.2) is 62.1 Å². The van der Waals surface area contributed by atoms with Crippen LogP contribution in [0.2, 0.25) is 0 Å². The van der Waals surface area contributed by atoms with Crippen molar-refractivity contribution < 1.29 is 33.7 Å². The van der Waals surface area contributed by atoms with Crippen molar-refractivity contribution in [2.75, 3.05) is 13.7 Å². The number of benzene rings is 1. The van der Waals surface area contributed by atoms with Gasteiger partial charge in [0, 0.05) is 13.6 Å². The van der Waals surface area contributed by atoms with Crippen molar-refractivity contribution in [3.63, 3.8) is 0 Å². The van der Waals surface area contributed by atoms with Crippen LogP contribution in [0.25, 0.3) is 0 Å². The van der Waals surface area contributed by atoms with Gasteiger partial charge in [-0.2, -0.15) is 0 Å². The minimum absolute atomic E-state index is 0.0217. The summed E-state index contributed by atoms with van der Waals surface area (Å²) in [5, 5.41) is 23.0. The summed E-state index contributed by atoms with van der Waals surface area (Å²) in [5.74, 6) is -3.95. The average Bonchev–Trinajstić information content (AvgIpc) is 2.79. The second-order valence-corrected chi connectivity index (χ2v) is 9.40. The van der Waals surface area contributed by atoms with Crippen LogP contribution < -0.4 is 10.9 Å². The summed E-state index contributed by atoms with van der Waals surface area (Å²) in [6.45, 7) is 7.81. The van der Waals surface area contributed by atoms with Crippen molar-refractivity contribution in [3.05, 3.63) is 57.5 Å². The zero-order valence-electron chi connectivity index (χ0n) is 21.2. The molecular weight excluding hydrogens is 475 g/mol. The quantitative estimate of drug-likeness (QED) is 0.377. The Balaban J connectivity index is 2.39. The number of hydrogen-bond donors (Lipinski definition) is 4. The van der Waals surface area contributed by atoms with Gasteiger partial charge < -0.3 is 30.0 Å². The van der Waals surface area contributed by atoms with Crippen LogP contribution in [0.3, 0.4) is 0 Å². The lowest BCUT2D eigenvalue weighted by Gasteiger charge is -2.32. The van der Waals surface area contributed by atoms with E-state index in [2.05, 4.69) is 15.3 Å². The van der Waals surface area contributed by atoms with Crippen LogP contribution in [0.4, 0.5) is 9.18 Å². The van der Waals surface area contributed by atoms with Gasteiger partial charge in [-0.05, 0) is 51.8 Å². The summed E-state index contributed by atoms with van der Waals surface area (Å²) in [4.78, 5) is 45.5. The first kappa shape index (κ1) is 28.7. The Morgan fingerprint density at radius 2 is 1.83 bits per heavy atom. The van der Waals surface area contributed by atoms with Crippen molar-refractivity contribution in [3.8, 4) is 5.75 Å². The molecule has 0 aliphatic carbocycles. The highest BCUT2D eigenvalue weighted by Gasteiger charge is 2.32. The van der Waals surface area contributed by atoms with Crippen molar-refractivity contribution in [1.82, 2.24) is 20.2 Å². The number of carbonyl (C=O) groups is 2. The highest BCUT2D eigenvalue weighted by molar-refractivity contribution is 5.94. The average molecular weight is 509 g/mol. The molecule has 2 aromatic rings. The minimum atomic E-state index is -1.54. The number of aromatic hydroxyl groups is 1. The Labute approximate surface area is 208 Å². The predicted molar refractivity (Wildman–Crippen MR) is 128 cm³/mol. The number of H-pyrrole nitrogens is 1. The number of aliphatic hydroxyl groups is 1. The molecule has 0 saturated carbocycles. The molecule has 0 aliphatic heterocycles. The van der Waals surface area contributed by atoms with Crippen molar-refractivity contribution >= 4 is 12.0 Å². The van der Waals surface area contributed by atoms with E-state index < -0.39 is 52.3 Å². The lowest BCUT2D eigenvalue weighted by Crippen LogP contribution is -2.41. The summed E-state index contributed by atoms with van der Waals surface area (Å²) in [7, 11) is 1.38. The number of rotatable bonds is 9. The van der Waals surface area contributed by atoms with Gasteiger partial charge in [0.1, 0.15) is 23.3 Å². The summed E-state index contributed by atoms with van der Waals surface area (Å²) in [6, 6.07) is 4.29. The lowest BCUT2D eigenvalue weighted by atomic mass is 10.2. The molecule has 0 bridgehead atoms. The first-order valence-electron chi connectivity index (χ1n) is 11.3. The molecule has 0 fully saturated rings. The number of nitrogens with one attached hydrogen (secondary N) is 2. The number of aromatic amines is 1. The molecule has 36 heavy (non-hydrogen) atoms. The van der Waals surface area contributed by atoms with Crippen LogP contribution >= 0.6 is 0 Å². The van der Waals surface area contributed by atoms with E-state index in [1.54, 1.807) is 27.7 Å². The molecule has 1 heterocycles. The maximum absolute atomic E-state index is 13.1.